The molecular weight excluding hydrogens is 225 g/mol. The maximum absolute atomic E-state index is 13.3. The molecule has 1 aromatic heterocycles. The highest BCUT2D eigenvalue weighted by atomic mass is 32.1. The largest absolute Gasteiger partial charge is 0.337 e. The number of rotatable bonds is 1. The smallest absolute Gasteiger partial charge is 0.183 e. The lowest BCUT2D eigenvalue weighted by Crippen LogP contribution is -2.00. The zero-order chi connectivity index (χ0) is 11.0. The molecule has 6 heteroatoms. The van der Waals surface area contributed by atoms with Crippen LogP contribution in [0, 0.1) is 22.2 Å². The van der Waals surface area contributed by atoms with Gasteiger partial charge in [-0.3, -0.25) is 4.57 Å². The van der Waals surface area contributed by atoms with Gasteiger partial charge in [0.1, 0.15) is 5.82 Å². The van der Waals surface area contributed by atoms with Gasteiger partial charge < -0.3 is 4.98 Å². The molecule has 0 atom stereocenters. The molecule has 0 unspecified atom stereocenters. The number of hydrogen-bond donors (Lipinski definition) is 1. The van der Waals surface area contributed by atoms with E-state index in [1.807, 2.05) is 0 Å². The Labute approximate surface area is 88.0 Å². The molecule has 15 heavy (non-hydrogen) atoms. The zero-order valence-electron chi connectivity index (χ0n) is 7.30. The molecule has 2 aromatic rings. The quantitative estimate of drug-likeness (QED) is 0.590. The number of halogens is 3. The summed E-state index contributed by atoms with van der Waals surface area (Å²) in [6, 6.07) is 1.36. The molecule has 0 bridgehead atoms. The van der Waals surface area contributed by atoms with Crippen molar-refractivity contribution in [1.82, 2.24) is 9.55 Å². The number of aromatic nitrogens is 2. The lowest BCUT2D eigenvalue weighted by molar-refractivity contribution is 0.490. The molecule has 0 amide bonds. The first-order valence-corrected chi connectivity index (χ1v) is 4.41. The standard InChI is InChI=1S/C9H5F3N2S/c10-5-3-6(11)8(12)7(4-5)14-2-1-13-9(14)15/h1-4H,(H,13,15). The highest BCUT2D eigenvalue weighted by Gasteiger charge is 2.12. The third-order valence-electron chi connectivity index (χ3n) is 1.88. The third kappa shape index (κ3) is 1.68. The number of nitrogens with zero attached hydrogens (tertiary/aromatic N) is 1. The Morgan fingerprint density at radius 2 is 1.93 bits per heavy atom. The first-order valence-electron chi connectivity index (χ1n) is 4.00. The molecule has 1 heterocycles. The van der Waals surface area contributed by atoms with Crippen molar-refractivity contribution in [2.24, 2.45) is 0 Å². The Morgan fingerprint density at radius 1 is 1.20 bits per heavy atom. The van der Waals surface area contributed by atoms with E-state index in [1.165, 1.54) is 12.4 Å². The van der Waals surface area contributed by atoms with Crippen molar-refractivity contribution in [1.29, 1.82) is 0 Å². The summed E-state index contributed by atoms with van der Waals surface area (Å²) < 4.78 is 40.4. The van der Waals surface area contributed by atoms with Gasteiger partial charge in [0.25, 0.3) is 0 Å². The minimum Gasteiger partial charge on any atom is -0.337 e. The molecule has 0 spiro atoms. The van der Waals surface area contributed by atoms with Gasteiger partial charge in [-0.15, -0.1) is 0 Å². The summed E-state index contributed by atoms with van der Waals surface area (Å²) in [6.07, 6.45) is 2.84. The molecule has 0 aliphatic carbocycles. The number of hydrogen-bond acceptors (Lipinski definition) is 1. The van der Waals surface area contributed by atoms with Gasteiger partial charge in [-0.05, 0) is 12.2 Å². The first-order chi connectivity index (χ1) is 7.09. The van der Waals surface area contributed by atoms with Gasteiger partial charge in [-0.25, -0.2) is 13.2 Å². The molecule has 0 aliphatic heterocycles. The topological polar surface area (TPSA) is 20.7 Å². The highest BCUT2D eigenvalue weighted by Crippen LogP contribution is 2.18. The van der Waals surface area contributed by atoms with Crippen molar-refractivity contribution >= 4 is 12.2 Å². The summed E-state index contributed by atoms with van der Waals surface area (Å²) in [6.45, 7) is 0. The highest BCUT2D eigenvalue weighted by molar-refractivity contribution is 7.71. The van der Waals surface area contributed by atoms with Crippen molar-refractivity contribution in [3.05, 3.63) is 46.7 Å². The lowest BCUT2D eigenvalue weighted by atomic mass is 10.3. The van der Waals surface area contributed by atoms with Crippen LogP contribution in [-0.2, 0) is 0 Å². The van der Waals surface area contributed by atoms with E-state index in [1.54, 1.807) is 0 Å². The molecule has 0 aliphatic rings. The van der Waals surface area contributed by atoms with Gasteiger partial charge in [0.2, 0.25) is 0 Å². The van der Waals surface area contributed by atoms with Crippen LogP contribution in [-0.4, -0.2) is 9.55 Å². The summed E-state index contributed by atoms with van der Waals surface area (Å²) in [5.74, 6) is -3.23. The maximum atomic E-state index is 13.3. The molecule has 1 aromatic carbocycles. The average Bonchev–Trinajstić information content (AvgIpc) is 2.58. The molecule has 0 saturated carbocycles. The van der Waals surface area contributed by atoms with Crippen molar-refractivity contribution < 1.29 is 13.2 Å². The normalized spacial score (nSPS) is 10.6. The van der Waals surface area contributed by atoms with E-state index in [-0.39, 0.29) is 10.5 Å². The first kappa shape index (κ1) is 9.97. The fraction of sp³-hybridized carbons (Fsp3) is 0. The Hall–Kier alpha value is -1.56. The van der Waals surface area contributed by atoms with Gasteiger partial charge in [0.15, 0.2) is 16.4 Å². The van der Waals surface area contributed by atoms with Crippen molar-refractivity contribution in [3.8, 4) is 5.69 Å². The van der Waals surface area contributed by atoms with E-state index < -0.39 is 17.5 Å². The van der Waals surface area contributed by atoms with E-state index in [9.17, 15) is 13.2 Å². The molecule has 78 valence electrons. The van der Waals surface area contributed by atoms with Crippen LogP contribution < -0.4 is 0 Å². The molecule has 0 saturated heterocycles. The summed E-state index contributed by atoms with van der Waals surface area (Å²) in [7, 11) is 0. The second kappa shape index (κ2) is 3.54. The van der Waals surface area contributed by atoms with Crippen LogP contribution in [0.2, 0.25) is 0 Å². The zero-order valence-corrected chi connectivity index (χ0v) is 8.12. The number of imidazole rings is 1. The SMILES string of the molecule is Fc1cc(F)c(F)c(-n2cc[nH]c2=S)c1. The molecule has 0 fully saturated rings. The Bertz CT molecular complexity index is 559. The van der Waals surface area contributed by atoms with Gasteiger partial charge in [-0.1, -0.05) is 0 Å². The number of H-pyrrole nitrogens is 1. The van der Waals surface area contributed by atoms with E-state index in [4.69, 9.17) is 12.2 Å². The van der Waals surface area contributed by atoms with Crippen LogP contribution in [0.3, 0.4) is 0 Å². The second-order valence-corrected chi connectivity index (χ2v) is 3.24. The van der Waals surface area contributed by atoms with E-state index in [2.05, 4.69) is 4.98 Å². The van der Waals surface area contributed by atoms with Crippen LogP contribution in [0.25, 0.3) is 5.69 Å². The van der Waals surface area contributed by atoms with E-state index in [0.717, 1.165) is 10.6 Å². The number of nitrogens with one attached hydrogen (secondary N) is 1. The van der Waals surface area contributed by atoms with Crippen molar-refractivity contribution in [2.75, 3.05) is 0 Å². The predicted octanol–water partition coefficient (Wildman–Crippen LogP) is 2.95. The fourth-order valence-corrected chi connectivity index (χ4v) is 1.45. The van der Waals surface area contributed by atoms with Crippen LogP contribution >= 0.6 is 12.2 Å². The third-order valence-corrected chi connectivity index (χ3v) is 2.20. The average molecular weight is 230 g/mol. The number of benzene rings is 1. The predicted molar refractivity (Wildman–Crippen MR) is 50.8 cm³/mol. The molecular formula is C9H5F3N2S. The van der Waals surface area contributed by atoms with Gasteiger partial charge >= 0.3 is 0 Å². The van der Waals surface area contributed by atoms with E-state index >= 15 is 0 Å². The molecule has 1 N–H and O–H groups in total. The van der Waals surface area contributed by atoms with Crippen LogP contribution in [0.5, 0.6) is 0 Å². The molecule has 2 nitrogen and oxygen atoms in total. The number of aromatic amines is 1. The minimum absolute atomic E-state index is 0.166. The molecule has 0 radical (unpaired) electrons. The van der Waals surface area contributed by atoms with Crippen molar-refractivity contribution in [3.63, 3.8) is 0 Å². The Balaban J connectivity index is 2.73. The van der Waals surface area contributed by atoms with Crippen molar-refractivity contribution in [2.45, 2.75) is 0 Å². The Kier molecular flexibility index (Phi) is 2.36. The van der Waals surface area contributed by atoms with E-state index in [0.29, 0.717) is 6.07 Å². The molecule has 2 rings (SSSR count). The van der Waals surface area contributed by atoms with Gasteiger partial charge in [0.05, 0.1) is 5.69 Å². The van der Waals surface area contributed by atoms with Crippen LogP contribution in [0.1, 0.15) is 0 Å². The fourth-order valence-electron chi connectivity index (χ4n) is 1.23. The van der Waals surface area contributed by atoms with Gasteiger partial charge in [0, 0.05) is 24.5 Å². The summed E-state index contributed by atoms with van der Waals surface area (Å²) in [5, 5.41) is 0. The summed E-state index contributed by atoms with van der Waals surface area (Å²) in [5.41, 5.74) is -0.251. The summed E-state index contributed by atoms with van der Waals surface area (Å²) >= 11 is 4.81. The Morgan fingerprint density at radius 3 is 2.53 bits per heavy atom. The maximum Gasteiger partial charge on any atom is 0.183 e. The second-order valence-electron chi connectivity index (χ2n) is 2.86. The van der Waals surface area contributed by atoms with Crippen LogP contribution in [0.15, 0.2) is 24.5 Å². The monoisotopic (exact) mass is 230 g/mol. The lowest BCUT2D eigenvalue weighted by Gasteiger charge is -2.04. The van der Waals surface area contributed by atoms with Crippen LogP contribution in [0.4, 0.5) is 13.2 Å². The summed E-state index contributed by atoms with van der Waals surface area (Å²) in [4.78, 5) is 2.60. The van der Waals surface area contributed by atoms with Gasteiger partial charge in [-0.2, -0.15) is 0 Å². The minimum atomic E-state index is -1.24.